The molecule has 3 N–H and O–H groups in total. The number of carbonyl (C=O) groups is 1. The first kappa shape index (κ1) is 30.0. The highest BCUT2D eigenvalue weighted by Gasteiger charge is 2.37. The van der Waals surface area contributed by atoms with E-state index < -0.39 is 23.0 Å². The molecule has 1 amide bonds. The van der Waals surface area contributed by atoms with E-state index in [4.69, 9.17) is 4.74 Å². The molecule has 2 aliphatic rings. The van der Waals surface area contributed by atoms with E-state index in [1.165, 1.54) is 18.5 Å². The van der Waals surface area contributed by atoms with Crippen molar-refractivity contribution in [2.45, 2.75) is 50.7 Å². The molecule has 4 rings (SSSR count). The van der Waals surface area contributed by atoms with Gasteiger partial charge < -0.3 is 25.6 Å². The maximum Gasteiger partial charge on any atom is 0.416 e. The zero-order valence-corrected chi connectivity index (χ0v) is 23.0. The number of aromatic nitrogens is 2. The number of rotatable bonds is 13. The van der Waals surface area contributed by atoms with Crippen molar-refractivity contribution in [2.24, 2.45) is 11.3 Å². The van der Waals surface area contributed by atoms with Gasteiger partial charge >= 0.3 is 6.18 Å². The fourth-order valence-corrected chi connectivity index (χ4v) is 5.04. The van der Waals surface area contributed by atoms with Gasteiger partial charge in [0.15, 0.2) is 11.6 Å². The molecule has 0 spiro atoms. The lowest BCUT2D eigenvalue weighted by Crippen LogP contribution is -2.41. The molecule has 2 fully saturated rings. The van der Waals surface area contributed by atoms with Crippen molar-refractivity contribution in [3.63, 3.8) is 0 Å². The van der Waals surface area contributed by atoms with Gasteiger partial charge in [-0.05, 0) is 76.4 Å². The Morgan fingerprint density at radius 1 is 1.12 bits per heavy atom. The van der Waals surface area contributed by atoms with Crippen LogP contribution in [0.2, 0.25) is 0 Å². The van der Waals surface area contributed by atoms with Crippen LogP contribution in [0.3, 0.4) is 0 Å². The minimum atomic E-state index is -4.42. The third-order valence-corrected chi connectivity index (χ3v) is 7.60. The molecule has 1 unspecified atom stereocenters. The SMILES string of the molecule is CN(C)CCCNC(=O)CC1(CNc2ncnc(NC(c3ccc(C(F)(F)F)cc3)C3CC3)c2F)CCOCC1. The van der Waals surface area contributed by atoms with Gasteiger partial charge in [0.2, 0.25) is 11.7 Å². The van der Waals surface area contributed by atoms with Crippen molar-refractivity contribution in [3.05, 3.63) is 47.5 Å². The monoisotopic (exact) mass is 566 g/mol. The Labute approximate surface area is 232 Å². The van der Waals surface area contributed by atoms with Crippen LogP contribution in [-0.4, -0.2) is 67.7 Å². The van der Waals surface area contributed by atoms with Crippen LogP contribution in [0.25, 0.3) is 0 Å². The Morgan fingerprint density at radius 2 is 1.80 bits per heavy atom. The van der Waals surface area contributed by atoms with Crippen LogP contribution in [-0.2, 0) is 15.7 Å². The van der Waals surface area contributed by atoms with E-state index in [0.717, 1.165) is 37.9 Å². The van der Waals surface area contributed by atoms with Crippen LogP contribution in [0.5, 0.6) is 0 Å². The highest BCUT2D eigenvalue weighted by Crippen LogP contribution is 2.44. The van der Waals surface area contributed by atoms with Gasteiger partial charge in [0.05, 0.1) is 11.6 Å². The summed E-state index contributed by atoms with van der Waals surface area (Å²) in [5, 5.41) is 9.19. The van der Waals surface area contributed by atoms with Crippen LogP contribution in [0.1, 0.15) is 55.7 Å². The average molecular weight is 567 g/mol. The molecular weight excluding hydrogens is 528 g/mol. The van der Waals surface area contributed by atoms with E-state index in [0.29, 0.717) is 51.1 Å². The number of benzene rings is 1. The first-order valence-corrected chi connectivity index (χ1v) is 13.7. The molecule has 12 heteroatoms. The lowest BCUT2D eigenvalue weighted by molar-refractivity contribution is -0.137. The van der Waals surface area contributed by atoms with Gasteiger partial charge in [-0.2, -0.15) is 17.6 Å². The number of halogens is 4. The standard InChI is InChI=1S/C28H38F4N6O2/c1-38(2)13-3-12-33-22(39)16-27(10-14-40-15-11-27)17-34-25-23(29)26(36-18-35-25)37-24(19-4-5-19)20-6-8-21(9-7-20)28(30,31)32/h6-9,18-19,24H,3-5,10-17H2,1-2H3,(H,33,39)(H2,34,35,36,37). The summed E-state index contributed by atoms with van der Waals surface area (Å²) in [5.41, 5.74) is -0.499. The van der Waals surface area contributed by atoms with Gasteiger partial charge in [0.25, 0.3) is 0 Å². The smallest absolute Gasteiger partial charge is 0.381 e. The number of amides is 1. The van der Waals surface area contributed by atoms with Crippen LogP contribution in [0, 0.1) is 17.2 Å². The van der Waals surface area contributed by atoms with Crippen molar-refractivity contribution < 1.29 is 27.1 Å². The number of alkyl halides is 3. The van der Waals surface area contributed by atoms with Crippen molar-refractivity contribution in [1.82, 2.24) is 20.2 Å². The fraction of sp³-hybridized carbons (Fsp3) is 0.607. The Kier molecular flexibility index (Phi) is 9.83. The molecule has 8 nitrogen and oxygen atoms in total. The summed E-state index contributed by atoms with van der Waals surface area (Å²) >= 11 is 0. The Balaban J connectivity index is 1.42. The number of hydrogen-bond donors (Lipinski definition) is 3. The Morgan fingerprint density at radius 3 is 2.42 bits per heavy atom. The van der Waals surface area contributed by atoms with E-state index in [1.807, 2.05) is 14.1 Å². The van der Waals surface area contributed by atoms with Gasteiger partial charge in [-0.25, -0.2) is 9.97 Å². The van der Waals surface area contributed by atoms with E-state index in [-0.39, 0.29) is 29.5 Å². The number of carbonyl (C=O) groups excluding carboxylic acids is 1. The molecule has 2 aromatic rings. The van der Waals surface area contributed by atoms with E-state index in [2.05, 4.69) is 30.8 Å². The van der Waals surface area contributed by atoms with Crippen LogP contribution >= 0.6 is 0 Å². The normalized spacial score (nSPS) is 17.9. The lowest BCUT2D eigenvalue weighted by Gasteiger charge is -2.37. The minimum absolute atomic E-state index is 0.0109. The molecule has 1 aromatic carbocycles. The largest absolute Gasteiger partial charge is 0.416 e. The van der Waals surface area contributed by atoms with Gasteiger partial charge in [0.1, 0.15) is 6.33 Å². The summed E-state index contributed by atoms with van der Waals surface area (Å²) in [6.45, 7) is 2.84. The second-order valence-corrected chi connectivity index (χ2v) is 11.1. The highest BCUT2D eigenvalue weighted by atomic mass is 19.4. The number of ether oxygens (including phenoxy) is 1. The highest BCUT2D eigenvalue weighted by molar-refractivity contribution is 5.76. The molecule has 1 aromatic heterocycles. The maximum atomic E-state index is 15.6. The number of anilines is 2. The summed E-state index contributed by atoms with van der Waals surface area (Å²) < 4.78 is 60.1. The van der Waals surface area contributed by atoms with Gasteiger partial charge in [-0.1, -0.05) is 12.1 Å². The number of nitrogens with one attached hydrogen (secondary N) is 3. The minimum Gasteiger partial charge on any atom is -0.381 e. The molecule has 1 atom stereocenters. The molecule has 220 valence electrons. The summed E-state index contributed by atoms with van der Waals surface area (Å²) in [4.78, 5) is 23.0. The summed E-state index contributed by atoms with van der Waals surface area (Å²) in [6, 6.07) is 4.57. The van der Waals surface area contributed by atoms with E-state index in [9.17, 15) is 18.0 Å². The Bertz CT molecular complexity index is 1120. The molecule has 0 radical (unpaired) electrons. The van der Waals surface area contributed by atoms with Gasteiger partial charge in [-0.3, -0.25) is 4.79 Å². The van der Waals surface area contributed by atoms with Gasteiger partial charge in [0, 0.05) is 38.1 Å². The molecule has 1 aliphatic heterocycles. The lowest BCUT2D eigenvalue weighted by atomic mass is 9.77. The van der Waals surface area contributed by atoms with Crippen molar-refractivity contribution in [3.8, 4) is 0 Å². The second-order valence-electron chi connectivity index (χ2n) is 11.1. The van der Waals surface area contributed by atoms with Crippen molar-refractivity contribution in [2.75, 3.05) is 57.6 Å². The molecule has 40 heavy (non-hydrogen) atoms. The predicted octanol–water partition coefficient (Wildman–Crippen LogP) is 4.86. The third-order valence-electron chi connectivity index (χ3n) is 7.60. The molecule has 0 bridgehead atoms. The first-order valence-electron chi connectivity index (χ1n) is 13.7. The molecule has 1 saturated heterocycles. The van der Waals surface area contributed by atoms with Crippen LogP contribution in [0.4, 0.5) is 29.2 Å². The average Bonchev–Trinajstić information content (AvgIpc) is 3.75. The third kappa shape index (κ3) is 8.26. The summed E-state index contributed by atoms with van der Waals surface area (Å²) in [6.07, 6.45) is 1.05. The fourth-order valence-electron chi connectivity index (χ4n) is 5.04. The summed E-state index contributed by atoms with van der Waals surface area (Å²) in [7, 11) is 3.97. The maximum absolute atomic E-state index is 15.6. The molecule has 1 aliphatic carbocycles. The topological polar surface area (TPSA) is 91.4 Å². The number of hydrogen-bond acceptors (Lipinski definition) is 7. The van der Waals surface area contributed by atoms with E-state index in [1.54, 1.807) is 0 Å². The van der Waals surface area contributed by atoms with Crippen molar-refractivity contribution >= 4 is 17.5 Å². The molecule has 1 saturated carbocycles. The van der Waals surface area contributed by atoms with Crippen molar-refractivity contribution in [1.29, 1.82) is 0 Å². The molecule has 2 heterocycles. The van der Waals surface area contributed by atoms with Gasteiger partial charge in [-0.15, -0.1) is 0 Å². The quantitative estimate of drug-likeness (QED) is 0.236. The molecular formula is C28H38F4N6O2. The van der Waals surface area contributed by atoms with Crippen LogP contribution in [0.15, 0.2) is 30.6 Å². The Hall–Kier alpha value is -2.99. The van der Waals surface area contributed by atoms with E-state index >= 15 is 4.39 Å². The predicted molar refractivity (Wildman–Crippen MR) is 144 cm³/mol. The summed E-state index contributed by atoms with van der Waals surface area (Å²) in [5.74, 6) is -0.554. The number of nitrogens with zero attached hydrogens (tertiary/aromatic N) is 3. The van der Waals surface area contributed by atoms with Crippen LogP contribution < -0.4 is 16.0 Å². The first-order chi connectivity index (χ1) is 19.1. The zero-order chi connectivity index (χ0) is 28.8. The zero-order valence-electron chi connectivity index (χ0n) is 23.0. The second kappa shape index (κ2) is 13.1.